The third-order valence-corrected chi connectivity index (χ3v) is 6.89. The molecule has 10 heteroatoms. The average molecular weight is 483 g/mol. The molecule has 2 aliphatic rings. The van der Waals surface area contributed by atoms with Crippen molar-refractivity contribution in [2.75, 3.05) is 19.6 Å². The van der Waals surface area contributed by atoms with Gasteiger partial charge in [0.1, 0.15) is 11.4 Å². The first-order valence-corrected chi connectivity index (χ1v) is 11.2. The Kier molecular flexibility index (Phi) is 6.80. The molecule has 184 valence electrons. The van der Waals surface area contributed by atoms with Gasteiger partial charge in [0, 0.05) is 37.9 Å². The summed E-state index contributed by atoms with van der Waals surface area (Å²) in [4.78, 5) is 20.4. The van der Waals surface area contributed by atoms with Crippen molar-refractivity contribution in [3.63, 3.8) is 0 Å². The molecule has 0 N–H and O–H groups in total. The maximum Gasteiger partial charge on any atom is 0.433 e. The van der Waals surface area contributed by atoms with Crippen LogP contribution in [0.4, 0.5) is 22.0 Å². The quantitative estimate of drug-likeness (QED) is 0.549. The highest BCUT2D eigenvalue weighted by Gasteiger charge is 2.38. The van der Waals surface area contributed by atoms with Crippen molar-refractivity contribution in [3.05, 3.63) is 58.4 Å². The summed E-state index contributed by atoms with van der Waals surface area (Å²) in [6.45, 7) is 2.32. The van der Waals surface area contributed by atoms with Crippen molar-refractivity contribution in [2.24, 2.45) is 0 Å². The number of alkyl halides is 5. The van der Waals surface area contributed by atoms with Crippen molar-refractivity contribution < 1.29 is 31.5 Å². The van der Waals surface area contributed by atoms with Crippen LogP contribution in [0.5, 0.6) is 5.75 Å². The predicted octanol–water partition coefficient (Wildman–Crippen LogP) is 5.37. The van der Waals surface area contributed by atoms with Crippen LogP contribution in [0, 0.1) is 13.8 Å². The number of pyridine rings is 1. The van der Waals surface area contributed by atoms with Gasteiger partial charge in [0.2, 0.25) is 0 Å². The summed E-state index contributed by atoms with van der Waals surface area (Å²) in [5.74, 6) is -0.160. The molecule has 0 spiro atoms. The zero-order valence-electron chi connectivity index (χ0n) is 18.9. The van der Waals surface area contributed by atoms with Crippen molar-refractivity contribution >= 4 is 5.91 Å². The van der Waals surface area contributed by atoms with Gasteiger partial charge in [0.15, 0.2) is 0 Å². The Balaban J connectivity index is 1.48. The number of amides is 1. The zero-order valence-corrected chi connectivity index (χ0v) is 18.9. The molecule has 2 aliphatic heterocycles. The number of carbonyl (C=O) groups is 1. The lowest BCUT2D eigenvalue weighted by atomic mass is 9.86. The molecule has 4 rings (SSSR count). The van der Waals surface area contributed by atoms with Crippen LogP contribution < -0.4 is 4.74 Å². The molecule has 2 atom stereocenters. The van der Waals surface area contributed by atoms with Gasteiger partial charge >= 0.3 is 12.8 Å². The SMILES string of the molecule is Cc1c(OC(F)F)ccc(C2CCCC3CN(C(=O)c4ccc(C(F)(F)F)nc4)CCN32)c1C. The lowest BCUT2D eigenvalue weighted by Crippen LogP contribution is -2.57. The van der Waals surface area contributed by atoms with Gasteiger partial charge in [-0.15, -0.1) is 0 Å². The number of halogens is 5. The summed E-state index contributed by atoms with van der Waals surface area (Å²) < 4.78 is 68.3. The fourth-order valence-electron chi connectivity index (χ4n) is 5.04. The third-order valence-electron chi connectivity index (χ3n) is 6.89. The second-order valence-corrected chi connectivity index (χ2v) is 8.80. The monoisotopic (exact) mass is 483 g/mol. The fourth-order valence-corrected chi connectivity index (χ4v) is 5.04. The lowest BCUT2D eigenvalue weighted by molar-refractivity contribution is -0.141. The molecule has 0 radical (unpaired) electrons. The number of ether oxygens (including phenoxy) is 1. The van der Waals surface area contributed by atoms with Crippen molar-refractivity contribution in [1.82, 2.24) is 14.8 Å². The Morgan fingerprint density at radius 3 is 2.50 bits per heavy atom. The summed E-state index contributed by atoms with van der Waals surface area (Å²) in [5.41, 5.74) is 1.77. The van der Waals surface area contributed by atoms with E-state index in [1.54, 1.807) is 17.9 Å². The van der Waals surface area contributed by atoms with Crippen LogP contribution in [0.2, 0.25) is 0 Å². The van der Waals surface area contributed by atoms with E-state index in [2.05, 4.69) is 14.6 Å². The van der Waals surface area contributed by atoms with Gasteiger partial charge < -0.3 is 9.64 Å². The summed E-state index contributed by atoms with van der Waals surface area (Å²) >= 11 is 0. The number of piperazine rings is 1. The number of aromatic nitrogens is 1. The smallest absolute Gasteiger partial charge is 0.433 e. The molecule has 2 saturated heterocycles. The normalized spacial score (nSPS) is 21.5. The van der Waals surface area contributed by atoms with Crippen molar-refractivity contribution in [1.29, 1.82) is 0 Å². The number of piperidine rings is 1. The van der Waals surface area contributed by atoms with Gasteiger partial charge in [-0.1, -0.05) is 6.07 Å². The molecule has 3 heterocycles. The number of hydrogen-bond donors (Lipinski definition) is 0. The standard InChI is InChI=1S/C24H26F5N3O2/c1-14-15(2)20(34-23(25)26)8-7-18(14)19-5-3-4-17-13-31(10-11-32(17)19)22(33)16-6-9-21(30-12-16)24(27,28)29/h6-9,12,17,19,23H,3-5,10-11,13H2,1-2H3. The van der Waals surface area contributed by atoms with E-state index >= 15 is 0 Å². The van der Waals surface area contributed by atoms with Crippen molar-refractivity contribution in [2.45, 2.75) is 58.0 Å². The average Bonchev–Trinajstić information content (AvgIpc) is 2.80. The molecular formula is C24H26F5N3O2. The second-order valence-electron chi connectivity index (χ2n) is 8.80. The van der Waals surface area contributed by atoms with E-state index < -0.39 is 18.5 Å². The summed E-state index contributed by atoms with van der Waals surface area (Å²) in [6.07, 6.45) is -0.802. The van der Waals surface area contributed by atoms with Gasteiger partial charge in [0.05, 0.1) is 5.56 Å². The van der Waals surface area contributed by atoms with E-state index in [9.17, 15) is 26.7 Å². The summed E-state index contributed by atoms with van der Waals surface area (Å²) in [6, 6.07) is 5.64. The Morgan fingerprint density at radius 2 is 1.85 bits per heavy atom. The highest BCUT2D eigenvalue weighted by molar-refractivity contribution is 5.94. The van der Waals surface area contributed by atoms with E-state index in [0.29, 0.717) is 25.2 Å². The van der Waals surface area contributed by atoms with Gasteiger partial charge in [0.25, 0.3) is 5.91 Å². The number of benzene rings is 1. The molecule has 34 heavy (non-hydrogen) atoms. The molecule has 2 fully saturated rings. The summed E-state index contributed by atoms with van der Waals surface area (Å²) in [5, 5.41) is 0. The van der Waals surface area contributed by atoms with E-state index in [-0.39, 0.29) is 29.3 Å². The molecule has 0 aliphatic carbocycles. The first-order valence-electron chi connectivity index (χ1n) is 11.2. The number of nitrogens with zero attached hydrogens (tertiary/aromatic N) is 3. The van der Waals surface area contributed by atoms with Crippen LogP contribution in [0.1, 0.15) is 58.0 Å². The van der Waals surface area contributed by atoms with Crippen molar-refractivity contribution in [3.8, 4) is 5.75 Å². The van der Waals surface area contributed by atoms with Gasteiger partial charge in [-0.25, -0.2) is 0 Å². The molecule has 1 aromatic heterocycles. The lowest BCUT2D eigenvalue weighted by Gasteiger charge is -2.48. The molecular weight excluding hydrogens is 457 g/mol. The minimum absolute atomic E-state index is 0.100. The van der Waals surface area contributed by atoms with E-state index in [0.717, 1.165) is 42.7 Å². The van der Waals surface area contributed by atoms with E-state index in [1.807, 2.05) is 13.0 Å². The number of fused-ring (bicyclic) bond motifs is 1. The minimum Gasteiger partial charge on any atom is -0.435 e. The van der Waals surface area contributed by atoms with Crippen LogP contribution in [-0.2, 0) is 6.18 Å². The molecule has 0 bridgehead atoms. The number of carbonyl (C=O) groups excluding carboxylic acids is 1. The van der Waals surface area contributed by atoms with Crippen LogP contribution in [0.25, 0.3) is 0 Å². The predicted molar refractivity (Wildman–Crippen MR) is 115 cm³/mol. The van der Waals surface area contributed by atoms with E-state index in [4.69, 9.17) is 0 Å². The second kappa shape index (κ2) is 9.48. The van der Waals surface area contributed by atoms with Gasteiger partial charge in [-0.2, -0.15) is 22.0 Å². The van der Waals surface area contributed by atoms with Gasteiger partial charge in [-0.3, -0.25) is 14.7 Å². The largest absolute Gasteiger partial charge is 0.435 e. The molecule has 2 aromatic rings. The number of rotatable bonds is 4. The fraction of sp³-hybridized carbons (Fsp3) is 0.500. The molecule has 2 unspecified atom stereocenters. The first kappa shape index (κ1) is 24.4. The van der Waals surface area contributed by atoms with Crippen LogP contribution in [0.15, 0.2) is 30.5 Å². The van der Waals surface area contributed by atoms with Crippen LogP contribution in [0.3, 0.4) is 0 Å². The zero-order chi connectivity index (χ0) is 24.6. The van der Waals surface area contributed by atoms with E-state index in [1.165, 1.54) is 6.07 Å². The number of hydrogen-bond acceptors (Lipinski definition) is 4. The Hall–Kier alpha value is -2.75. The summed E-state index contributed by atoms with van der Waals surface area (Å²) in [7, 11) is 0. The van der Waals surface area contributed by atoms with Crippen LogP contribution >= 0.6 is 0 Å². The highest BCUT2D eigenvalue weighted by Crippen LogP contribution is 2.40. The topological polar surface area (TPSA) is 45.7 Å². The Morgan fingerprint density at radius 1 is 1.09 bits per heavy atom. The molecule has 1 amide bonds. The maximum absolute atomic E-state index is 12.9. The van der Waals surface area contributed by atoms with Crippen LogP contribution in [-0.4, -0.2) is 53.0 Å². The molecule has 5 nitrogen and oxygen atoms in total. The Bertz CT molecular complexity index is 1040. The Labute approximate surface area is 194 Å². The van der Waals surface area contributed by atoms with Gasteiger partial charge in [-0.05, 0) is 68.0 Å². The first-order chi connectivity index (χ1) is 16.1. The maximum atomic E-state index is 12.9. The molecule has 1 aromatic carbocycles. The molecule has 0 saturated carbocycles. The minimum atomic E-state index is -4.55. The third kappa shape index (κ3) is 4.87. The highest BCUT2D eigenvalue weighted by atomic mass is 19.4.